The van der Waals surface area contributed by atoms with Crippen LogP contribution in [0.3, 0.4) is 0 Å². The van der Waals surface area contributed by atoms with Crippen molar-refractivity contribution < 1.29 is 23.9 Å². The molecule has 158 valence electrons. The van der Waals surface area contributed by atoms with Gasteiger partial charge in [-0.05, 0) is 38.4 Å². The zero-order chi connectivity index (χ0) is 19.9. The van der Waals surface area contributed by atoms with E-state index in [1.54, 1.807) is 13.2 Å². The molecule has 0 radical (unpaired) electrons. The summed E-state index contributed by atoms with van der Waals surface area (Å²) in [5, 5.41) is 17.5. The van der Waals surface area contributed by atoms with Gasteiger partial charge in [0.05, 0.1) is 37.2 Å². The zero-order valence-electron chi connectivity index (χ0n) is 16.4. The number of nitro benzene ring substituents is 1. The SMILES string of the molecule is COCC1(C(=O)NCCc2cc(OC)c(OC)cc2[N+](=O)[O-])CCNCC1.Cl. The van der Waals surface area contributed by atoms with Gasteiger partial charge < -0.3 is 24.8 Å². The number of hydrogen-bond acceptors (Lipinski definition) is 7. The normalized spacial score (nSPS) is 15.2. The number of ether oxygens (including phenoxy) is 3. The molecule has 1 amide bonds. The number of rotatable bonds is 9. The molecule has 2 N–H and O–H groups in total. The predicted octanol–water partition coefficient (Wildman–Crippen LogP) is 1.71. The molecule has 1 fully saturated rings. The molecule has 10 heteroatoms. The maximum Gasteiger partial charge on any atom is 0.276 e. The fraction of sp³-hybridized carbons (Fsp3) is 0.611. The number of carbonyl (C=O) groups excluding carboxylic acids is 1. The van der Waals surface area contributed by atoms with Crippen LogP contribution in [0.5, 0.6) is 11.5 Å². The first-order valence-electron chi connectivity index (χ1n) is 8.84. The van der Waals surface area contributed by atoms with Crippen LogP contribution in [0.15, 0.2) is 12.1 Å². The second kappa shape index (κ2) is 11.0. The lowest BCUT2D eigenvalue weighted by Gasteiger charge is -2.35. The third-order valence-corrected chi connectivity index (χ3v) is 4.92. The quantitative estimate of drug-likeness (QED) is 0.464. The molecule has 1 heterocycles. The lowest BCUT2D eigenvalue weighted by molar-refractivity contribution is -0.385. The van der Waals surface area contributed by atoms with Crippen molar-refractivity contribution in [3.8, 4) is 11.5 Å². The van der Waals surface area contributed by atoms with Crippen molar-refractivity contribution in [3.05, 3.63) is 27.8 Å². The molecule has 0 bridgehead atoms. The van der Waals surface area contributed by atoms with Gasteiger partial charge in [0.25, 0.3) is 5.69 Å². The Hall–Kier alpha value is -2.10. The predicted molar refractivity (Wildman–Crippen MR) is 107 cm³/mol. The summed E-state index contributed by atoms with van der Waals surface area (Å²) in [6, 6.07) is 2.92. The van der Waals surface area contributed by atoms with Gasteiger partial charge >= 0.3 is 0 Å². The molecule has 0 aliphatic carbocycles. The molecule has 1 saturated heterocycles. The molecule has 9 nitrogen and oxygen atoms in total. The van der Waals surface area contributed by atoms with Crippen molar-refractivity contribution in [2.45, 2.75) is 19.3 Å². The fourth-order valence-electron chi connectivity index (χ4n) is 3.40. The second-order valence-electron chi connectivity index (χ2n) is 6.56. The van der Waals surface area contributed by atoms with Crippen LogP contribution in [0.1, 0.15) is 18.4 Å². The van der Waals surface area contributed by atoms with Gasteiger partial charge in [-0.3, -0.25) is 14.9 Å². The van der Waals surface area contributed by atoms with Crippen LogP contribution in [-0.2, 0) is 16.0 Å². The van der Waals surface area contributed by atoms with Gasteiger partial charge in [-0.25, -0.2) is 0 Å². The van der Waals surface area contributed by atoms with Crippen molar-refractivity contribution in [1.82, 2.24) is 10.6 Å². The standard InChI is InChI=1S/C18H27N3O6.ClH/c1-25-12-18(5-8-19-9-6-18)17(22)20-7-4-13-10-15(26-2)16(27-3)11-14(13)21(23)24;/h10-11,19H,4-9,12H2,1-3H3,(H,20,22);1H. The van der Waals surface area contributed by atoms with Gasteiger partial charge in [0.15, 0.2) is 11.5 Å². The smallest absolute Gasteiger partial charge is 0.276 e. The molecule has 1 aliphatic rings. The second-order valence-corrected chi connectivity index (χ2v) is 6.56. The Labute approximate surface area is 170 Å². The van der Waals surface area contributed by atoms with E-state index in [1.807, 2.05) is 0 Å². The Morgan fingerprint density at radius 1 is 1.21 bits per heavy atom. The number of carbonyl (C=O) groups is 1. The van der Waals surface area contributed by atoms with Gasteiger partial charge in [0.1, 0.15) is 0 Å². The minimum atomic E-state index is -0.552. The highest BCUT2D eigenvalue weighted by atomic mass is 35.5. The van der Waals surface area contributed by atoms with E-state index in [-0.39, 0.29) is 30.5 Å². The van der Waals surface area contributed by atoms with Crippen LogP contribution in [0.2, 0.25) is 0 Å². The molecule has 1 aromatic rings. The summed E-state index contributed by atoms with van der Waals surface area (Å²) in [6.45, 7) is 2.17. The Bertz CT molecular complexity index is 674. The first-order valence-corrected chi connectivity index (χ1v) is 8.84. The van der Waals surface area contributed by atoms with Gasteiger partial charge in [-0.2, -0.15) is 0 Å². The summed E-state index contributed by atoms with van der Waals surface area (Å²) >= 11 is 0. The average molecular weight is 418 g/mol. The summed E-state index contributed by atoms with van der Waals surface area (Å²) in [7, 11) is 4.49. The number of methoxy groups -OCH3 is 3. The molecule has 1 aromatic carbocycles. The number of hydrogen-bond donors (Lipinski definition) is 2. The zero-order valence-corrected chi connectivity index (χ0v) is 17.2. The van der Waals surface area contributed by atoms with Crippen molar-refractivity contribution in [2.75, 3.05) is 47.6 Å². The van der Waals surface area contributed by atoms with E-state index in [0.29, 0.717) is 42.9 Å². The third kappa shape index (κ3) is 5.46. The summed E-state index contributed by atoms with van der Waals surface area (Å²) in [5.41, 5.74) is -0.136. The molecular weight excluding hydrogens is 390 g/mol. The summed E-state index contributed by atoms with van der Waals surface area (Å²) in [5.74, 6) is 0.637. The molecule has 0 saturated carbocycles. The van der Waals surface area contributed by atoms with Gasteiger partial charge in [0, 0.05) is 19.2 Å². The van der Waals surface area contributed by atoms with E-state index in [0.717, 1.165) is 13.1 Å². The fourth-order valence-corrected chi connectivity index (χ4v) is 3.40. The highest BCUT2D eigenvalue weighted by Crippen LogP contribution is 2.35. The summed E-state index contributed by atoms with van der Waals surface area (Å²) in [4.78, 5) is 23.7. The topological polar surface area (TPSA) is 112 Å². The lowest BCUT2D eigenvalue weighted by Crippen LogP contribution is -2.50. The largest absolute Gasteiger partial charge is 0.493 e. The number of halogens is 1. The minimum absolute atomic E-state index is 0. The maximum absolute atomic E-state index is 12.7. The Balaban J connectivity index is 0.00000392. The lowest BCUT2D eigenvalue weighted by atomic mass is 9.78. The van der Waals surface area contributed by atoms with Crippen LogP contribution in [0, 0.1) is 15.5 Å². The molecule has 0 unspecified atom stereocenters. The van der Waals surface area contributed by atoms with Gasteiger partial charge in [-0.15, -0.1) is 12.4 Å². The molecule has 28 heavy (non-hydrogen) atoms. The summed E-state index contributed by atoms with van der Waals surface area (Å²) in [6.07, 6.45) is 1.70. The van der Waals surface area contributed by atoms with E-state index >= 15 is 0 Å². The van der Waals surface area contributed by atoms with Crippen LogP contribution in [0.25, 0.3) is 0 Å². The van der Waals surface area contributed by atoms with E-state index in [9.17, 15) is 14.9 Å². The van der Waals surface area contributed by atoms with E-state index in [2.05, 4.69) is 10.6 Å². The first-order chi connectivity index (χ1) is 13.0. The number of amides is 1. The van der Waals surface area contributed by atoms with Crippen LogP contribution >= 0.6 is 12.4 Å². The minimum Gasteiger partial charge on any atom is -0.493 e. The van der Waals surface area contributed by atoms with Crippen molar-refractivity contribution >= 4 is 24.0 Å². The third-order valence-electron chi connectivity index (χ3n) is 4.92. The Kier molecular flexibility index (Phi) is 9.44. The van der Waals surface area contributed by atoms with E-state index in [4.69, 9.17) is 14.2 Å². The van der Waals surface area contributed by atoms with Crippen LogP contribution < -0.4 is 20.1 Å². The number of nitrogens with zero attached hydrogens (tertiary/aromatic N) is 1. The van der Waals surface area contributed by atoms with Crippen molar-refractivity contribution in [2.24, 2.45) is 5.41 Å². The number of nitro groups is 1. The number of benzene rings is 1. The van der Waals surface area contributed by atoms with Gasteiger partial charge in [-0.1, -0.05) is 0 Å². The first kappa shape index (κ1) is 23.9. The molecule has 0 aromatic heterocycles. The maximum atomic E-state index is 12.7. The highest BCUT2D eigenvalue weighted by Gasteiger charge is 2.39. The van der Waals surface area contributed by atoms with Crippen molar-refractivity contribution in [3.63, 3.8) is 0 Å². The van der Waals surface area contributed by atoms with Gasteiger partial charge in [0.2, 0.25) is 5.91 Å². The van der Waals surface area contributed by atoms with Crippen molar-refractivity contribution in [1.29, 1.82) is 0 Å². The summed E-state index contributed by atoms with van der Waals surface area (Å²) < 4.78 is 15.6. The molecule has 1 aliphatic heterocycles. The van der Waals surface area contributed by atoms with Crippen LogP contribution in [0.4, 0.5) is 5.69 Å². The monoisotopic (exact) mass is 417 g/mol. The Morgan fingerprint density at radius 3 is 2.36 bits per heavy atom. The Morgan fingerprint density at radius 2 is 1.82 bits per heavy atom. The van der Waals surface area contributed by atoms with E-state index < -0.39 is 10.3 Å². The molecule has 0 atom stereocenters. The average Bonchev–Trinajstić information content (AvgIpc) is 2.68. The molecule has 2 rings (SSSR count). The number of nitrogens with one attached hydrogen (secondary N) is 2. The highest BCUT2D eigenvalue weighted by molar-refractivity contribution is 5.85. The van der Waals surface area contributed by atoms with Crippen LogP contribution in [-0.4, -0.2) is 58.4 Å². The van der Waals surface area contributed by atoms with E-state index in [1.165, 1.54) is 20.3 Å². The number of piperidine rings is 1. The molecule has 0 spiro atoms. The molecular formula is C18H28ClN3O6.